The summed E-state index contributed by atoms with van der Waals surface area (Å²) in [5.41, 5.74) is 5.81. The average Bonchev–Trinajstić information content (AvgIpc) is 3.53. The normalized spacial score (nSPS) is 22.6. The fourth-order valence-electron chi connectivity index (χ4n) is 7.18. The second-order valence-corrected chi connectivity index (χ2v) is 13.7. The Morgan fingerprint density at radius 2 is 1.93 bits per heavy atom. The van der Waals surface area contributed by atoms with Gasteiger partial charge < -0.3 is 14.4 Å². The summed E-state index contributed by atoms with van der Waals surface area (Å²) in [5, 5.41) is 11.2. The van der Waals surface area contributed by atoms with E-state index in [0.29, 0.717) is 30.0 Å². The van der Waals surface area contributed by atoms with E-state index in [1.54, 1.807) is 21.0 Å². The zero-order valence-corrected chi connectivity index (χ0v) is 24.0. The molecule has 212 valence electrons. The van der Waals surface area contributed by atoms with Gasteiger partial charge in [0.1, 0.15) is 5.75 Å². The second kappa shape index (κ2) is 9.94. The zero-order chi connectivity index (χ0) is 28.3. The monoisotopic (exact) mass is 564 g/mol. The Balaban J connectivity index is 1.54. The lowest BCUT2D eigenvalue weighted by Crippen LogP contribution is -2.34. The third kappa shape index (κ3) is 4.48. The van der Waals surface area contributed by atoms with Crippen molar-refractivity contribution in [1.82, 2.24) is 9.29 Å². The molecule has 2 N–H and O–H groups in total. The van der Waals surface area contributed by atoms with E-state index < -0.39 is 33.7 Å². The molecule has 0 saturated heterocycles. The Morgan fingerprint density at radius 3 is 2.60 bits per heavy atom. The summed E-state index contributed by atoms with van der Waals surface area (Å²) >= 11 is 0. The first-order valence-electron chi connectivity index (χ1n) is 14.2. The smallest absolute Gasteiger partial charge is 0.307 e. The maximum Gasteiger partial charge on any atom is 0.307 e. The van der Waals surface area contributed by atoms with Crippen LogP contribution < -0.4 is 9.46 Å². The van der Waals surface area contributed by atoms with E-state index >= 15 is 0 Å². The fraction of sp³-hybridized carbons (Fsp3) is 0.484. The van der Waals surface area contributed by atoms with Gasteiger partial charge in [-0.25, -0.2) is 13.1 Å². The molecule has 40 heavy (non-hydrogen) atoms. The summed E-state index contributed by atoms with van der Waals surface area (Å²) in [6.07, 6.45) is 9.95. The number of nitrogens with one attached hydrogen (secondary N) is 1. The lowest BCUT2D eigenvalue weighted by Gasteiger charge is -2.29. The third-order valence-corrected chi connectivity index (χ3v) is 10.4. The third-order valence-electron chi connectivity index (χ3n) is 8.83. The van der Waals surface area contributed by atoms with Gasteiger partial charge in [0, 0.05) is 23.5 Å². The van der Waals surface area contributed by atoms with Crippen molar-refractivity contribution >= 4 is 32.8 Å². The highest BCUT2D eigenvalue weighted by Crippen LogP contribution is 2.55. The van der Waals surface area contributed by atoms with Crippen LogP contribution in [0.15, 0.2) is 52.6 Å². The molecule has 1 fully saturated rings. The van der Waals surface area contributed by atoms with Crippen LogP contribution in [0.4, 0.5) is 0 Å². The van der Waals surface area contributed by atoms with E-state index in [9.17, 15) is 23.1 Å². The molecule has 2 heterocycles. The van der Waals surface area contributed by atoms with Crippen LogP contribution in [0.5, 0.6) is 5.75 Å². The van der Waals surface area contributed by atoms with E-state index in [-0.39, 0.29) is 11.7 Å². The molecular formula is C31H36N2O6S. The van der Waals surface area contributed by atoms with Crippen molar-refractivity contribution in [2.24, 2.45) is 11.8 Å². The van der Waals surface area contributed by atoms with Crippen LogP contribution in [0.25, 0.3) is 10.9 Å². The van der Waals surface area contributed by atoms with E-state index in [4.69, 9.17) is 4.74 Å². The molecule has 0 spiro atoms. The second-order valence-electron chi connectivity index (χ2n) is 12.0. The predicted octanol–water partition coefficient (Wildman–Crippen LogP) is 5.16. The number of methoxy groups -OCH3 is 1. The molecule has 1 unspecified atom stereocenters. The molecule has 1 aromatic heterocycles. The zero-order valence-electron chi connectivity index (χ0n) is 23.2. The summed E-state index contributed by atoms with van der Waals surface area (Å²) in [4.78, 5) is 25.9. The number of hydrogen-bond donors (Lipinski definition) is 2. The summed E-state index contributed by atoms with van der Waals surface area (Å²) < 4.78 is 35.5. The fourth-order valence-corrected chi connectivity index (χ4v) is 8.53. The van der Waals surface area contributed by atoms with Gasteiger partial charge >= 0.3 is 5.97 Å². The van der Waals surface area contributed by atoms with Crippen LogP contribution >= 0.6 is 0 Å². The van der Waals surface area contributed by atoms with Crippen molar-refractivity contribution in [3.63, 3.8) is 0 Å². The Hall–Kier alpha value is -3.33. The van der Waals surface area contributed by atoms with Crippen LogP contribution in [0.3, 0.4) is 0 Å². The van der Waals surface area contributed by atoms with Gasteiger partial charge in [-0.15, -0.1) is 0 Å². The van der Waals surface area contributed by atoms with Crippen molar-refractivity contribution < 1.29 is 27.9 Å². The minimum absolute atomic E-state index is 0.126. The number of carbonyl (C=O) groups excluding carboxylic acids is 1. The Labute approximate surface area is 234 Å². The average molecular weight is 565 g/mol. The lowest BCUT2D eigenvalue weighted by atomic mass is 9.76. The number of allylic oxidation sites excluding steroid dienone is 4. The van der Waals surface area contributed by atoms with Crippen LogP contribution in [0.1, 0.15) is 75.5 Å². The molecule has 1 saturated carbocycles. The van der Waals surface area contributed by atoms with Gasteiger partial charge in [0.25, 0.3) is 5.91 Å². The van der Waals surface area contributed by atoms with Crippen molar-refractivity contribution in [3.05, 3.63) is 63.9 Å². The van der Waals surface area contributed by atoms with Gasteiger partial charge in [-0.3, -0.25) is 9.59 Å². The van der Waals surface area contributed by atoms with Crippen molar-refractivity contribution in [1.29, 1.82) is 0 Å². The molecule has 1 aromatic carbocycles. The first-order chi connectivity index (χ1) is 19.1. The number of aromatic nitrogens is 1. The van der Waals surface area contributed by atoms with Crippen molar-refractivity contribution in [2.45, 2.75) is 70.8 Å². The van der Waals surface area contributed by atoms with Crippen molar-refractivity contribution in [2.75, 3.05) is 12.9 Å². The van der Waals surface area contributed by atoms with Gasteiger partial charge in [-0.1, -0.05) is 51.3 Å². The molecule has 1 amide bonds. The van der Waals surface area contributed by atoms with E-state index in [2.05, 4.69) is 21.4 Å². The summed E-state index contributed by atoms with van der Waals surface area (Å²) in [5.74, 6) is -1.83. The standard InChI is InChI=1S/C31H36N2O6S/c1-17(2)16-40(37,38)32-30(34)28-23-15-33-24(26-20(27(23)28)10-7-11-21(26)31(35)36)14-22-25(39-3)13-12-19(29(22)33)18-8-5-4-6-9-18/h7,10,12-14,17-18,21,26H,4-6,8-9,11,15-16H2,1-3H3,(H,32,34)(H,35,36)/t21-,26?/m1/s1. The first kappa shape index (κ1) is 26.9. The summed E-state index contributed by atoms with van der Waals surface area (Å²) in [7, 11) is -2.15. The molecule has 3 aliphatic carbocycles. The van der Waals surface area contributed by atoms with Crippen LogP contribution in [-0.4, -0.2) is 42.8 Å². The topological polar surface area (TPSA) is 115 Å². The SMILES string of the molecule is COc1ccc(C2CCCCC2)c2c1cc1n2CC2=C(C(=O)NS(=O)(=O)CC(C)C)C2=C2C=CC[C@@H](C(=O)O)C21. The van der Waals surface area contributed by atoms with Gasteiger partial charge in [0.2, 0.25) is 10.0 Å². The van der Waals surface area contributed by atoms with E-state index in [1.807, 2.05) is 18.2 Å². The predicted molar refractivity (Wildman–Crippen MR) is 153 cm³/mol. The molecule has 6 rings (SSSR count). The van der Waals surface area contributed by atoms with Crippen LogP contribution in [0.2, 0.25) is 0 Å². The highest BCUT2D eigenvalue weighted by molar-refractivity contribution is 7.90. The molecule has 8 nitrogen and oxygen atoms in total. The number of aliphatic carboxylic acids is 1. The maximum absolute atomic E-state index is 13.3. The number of carbonyl (C=O) groups is 2. The summed E-state index contributed by atoms with van der Waals surface area (Å²) in [6.45, 7) is 3.96. The number of fused-ring (bicyclic) bond motifs is 6. The van der Waals surface area contributed by atoms with Gasteiger partial charge in [-0.2, -0.15) is 0 Å². The Kier molecular flexibility index (Phi) is 6.68. The van der Waals surface area contributed by atoms with Crippen LogP contribution in [0, 0.1) is 11.8 Å². The molecule has 4 aliphatic rings. The molecule has 0 radical (unpaired) electrons. The first-order valence-corrected chi connectivity index (χ1v) is 15.9. The Bertz CT molecular complexity index is 1620. The number of carboxylic acid groups (broad SMARTS) is 1. The largest absolute Gasteiger partial charge is 0.496 e. The molecule has 2 aromatic rings. The number of rotatable bonds is 7. The van der Waals surface area contributed by atoms with Gasteiger partial charge in [0.15, 0.2) is 0 Å². The van der Waals surface area contributed by atoms with E-state index in [1.165, 1.54) is 24.8 Å². The van der Waals surface area contributed by atoms with Crippen molar-refractivity contribution in [3.8, 4) is 5.75 Å². The minimum atomic E-state index is -3.80. The number of hydrogen-bond acceptors (Lipinski definition) is 5. The number of amides is 1. The van der Waals surface area contributed by atoms with Gasteiger partial charge in [0.05, 0.1) is 29.9 Å². The highest BCUT2D eigenvalue weighted by Gasteiger charge is 2.47. The minimum Gasteiger partial charge on any atom is -0.496 e. The number of sulfonamides is 1. The highest BCUT2D eigenvalue weighted by atomic mass is 32.2. The molecule has 0 bridgehead atoms. The quantitative estimate of drug-likeness (QED) is 0.480. The van der Waals surface area contributed by atoms with Gasteiger partial charge in [-0.05, 0) is 65.5 Å². The summed E-state index contributed by atoms with van der Waals surface area (Å²) in [6, 6.07) is 6.24. The van der Waals surface area contributed by atoms with E-state index in [0.717, 1.165) is 46.3 Å². The molecular weight excluding hydrogens is 528 g/mol. The number of carboxylic acids is 1. The lowest BCUT2D eigenvalue weighted by molar-refractivity contribution is -0.142. The maximum atomic E-state index is 13.3. The number of nitrogens with zero attached hydrogens (tertiary/aromatic N) is 1. The molecule has 1 aliphatic heterocycles. The Morgan fingerprint density at radius 1 is 1.18 bits per heavy atom. The van der Waals surface area contributed by atoms with Crippen LogP contribution in [-0.2, 0) is 26.2 Å². The number of benzene rings is 1. The molecule has 2 atom stereocenters. The molecule has 9 heteroatoms. The number of ether oxygens (including phenoxy) is 1.